The number of aliphatic hydroxyl groups is 2. The molecule has 0 radical (unpaired) electrons. The SMILES string of the molecule is O=C(Oc1cc2c(c(O)c1O)-c1c(cc(O)c(O)c1O)C(=O)OCC1OC(OC(=O)c3cc(O)c(O)c(O)c3)C(O)C(OC2=O)C1O)c1cc(O)c(O)c(O)c1. The van der Waals surface area contributed by atoms with Gasteiger partial charge in [-0.25, -0.2) is 19.2 Å². The maximum Gasteiger partial charge on any atom is 0.343 e. The Kier molecular flexibility index (Phi) is 9.55. The smallest absolute Gasteiger partial charge is 0.343 e. The largest absolute Gasteiger partial charge is 0.504 e. The summed E-state index contributed by atoms with van der Waals surface area (Å²) in [7, 11) is 0. The summed E-state index contributed by atoms with van der Waals surface area (Å²) < 4.78 is 26.1. The van der Waals surface area contributed by atoms with Crippen LogP contribution in [-0.4, -0.2) is 128 Å². The molecular weight excluding hydrogens is 760 g/mol. The average molecular weight is 787 g/mol. The van der Waals surface area contributed by atoms with Crippen LogP contribution in [0.4, 0.5) is 0 Å². The Hall–Kier alpha value is -7.56. The Labute approximate surface area is 309 Å². The topological polar surface area (TPSA) is 377 Å². The standard InChI is InChI=1S/C34H26O22/c35-12-1-8(2-13(36)21(12)40)30(48)53-17-6-11-20(27(46)24(17)43)19-10(5-16(39)23(42)26(19)45)32(50)52-7-18-25(44)29(55-33(11)51)28(47)34(54-18)56-31(49)9-3-14(37)22(41)15(38)4-9/h1-6,18,25,28-29,34-47H,7H2. The van der Waals surface area contributed by atoms with E-state index in [2.05, 4.69) is 0 Å². The number of phenols is 11. The quantitative estimate of drug-likeness (QED) is 0.0573. The van der Waals surface area contributed by atoms with E-state index < -0.39 is 164 Å². The zero-order valence-electron chi connectivity index (χ0n) is 27.5. The third kappa shape index (κ3) is 6.50. The first-order valence-corrected chi connectivity index (χ1v) is 15.5. The van der Waals surface area contributed by atoms with Crippen molar-refractivity contribution in [1.29, 1.82) is 0 Å². The second-order valence-corrected chi connectivity index (χ2v) is 12.0. The zero-order chi connectivity index (χ0) is 41.1. The summed E-state index contributed by atoms with van der Waals surface area (Å²) in [6.07, 6.45) is -10.8. The van der Waals surface area contributed by atoms with E-state index in [0.29, 0.717) is 36.4 Å². The highest BCUT2D eigenvalue weighted by Gasteiger charge is 2.50. The molecule has 22 nitrogen and oxygen atoms in total. The Morgan fingerprint density at radius 1 is 0.571 bits per heavy atom. The van der Waals surface area contributed by atoms with Gasteiger partial charge in [0.2, 0.25) is 17.8 Å². The average Bonchev–Trinajstić information content (AvgIpc) is 3.15. The Morgan fingerprint density at radius 2 is 1.05 bits per heavy atom. The minimum Gasteiger partial charge on any atom is -0.504 e. The fourth-order valence-electron chi connectivity index (χ4n) is 5.66. The molecule has 22 heteroatoms. The van der Waals surface area contributed by atoms with Crippen LogP contribution in [0.25, 0.3) is 11.1 Å². The highest BCUT2D eigenvalue weighted by Crippen LogP contribution is 2.53. The van der Waals surface area contributed by atoms with Crippen molar-refractivity contribution < 1.29 is 109 Å². The van der Waals surface area contributed by atoms with Crippen molar-refractivity contribution in [2.45, 2.75) is 30.7 Å². The third-order valence-corrected chi connectivity index (χ3v) is 8.48. The molecule has 1 saturated heterocycles. The number of carbonyl (C=O) groups excluding carboxylic acids is 4. The highest BCUT2D eigenvalue weighted by molar-refractivity contribution is 6.08. The summed E-state index contributed by atoms with van der Waals surface area (Å²) in [5.41, 5.74) is -5.38. The summed E-state index contributed by atoms with van der Waals surface area (Å²) in [5, 5.41) is 135. The number of benzene rings is 4. The van der Waals surface area contributed by atoms with Crippen molar-refractivity contribution in [3.63, 3.8) is 0 Å². The van der Waals surface area contributed by atoms with Gasteiger partial charge < -0.3 is 90.1 Å². The molecule has 4 aromatic rings. The van der Waals surface area contributed by atoms with Crippen LogP contribution >= 0.6 is 0 Å². The van der Waals surface area contributed by atoms with Crippen LogP contribution in [0.3, 0.4) is 0 Å². The van der Waals surface area contributed by atoms with E-state index in [1.165, 1.54) is 0 Å². The molecule has 0 aliphatic carbocycles. The molecule has 2 aliphatic heterocycles. The van der Waals surface area contributed by atoms with E-state index in [0.717, 1.165) is 0 Å². The number of hydrogen-bond acceptors (Lipinski definition) is 22. The number of rotatable bonds is 4. The van der Waals surface area contributed by atoms with E-state index in [9.17, 15) is 85.6 Å². The van der Waals surface area contributed by atoms with Gasteiger partial charge in [0.05, 0.1) is 22.3 Å². The van der Waals surface area contributed by atoms with Crippen LogP contribution in [0, 0.1) is 0 Å². The minimum atomic E-state index is -2.34. The normalized spacial score (nSPS) is 20.6. The number of cyclic esters (lactones) is 1. The third-order valence-electron chi connectivity index (χ3n) is 8.48. The second kappa shape index (κ2) is 14.0. The number of aliphatic hydroxyl groups excluding tert-OH is 2. The Balaban J connectivity index is 1.47. The van der Waals surface area contributed by atoms with Gasteiger partial charge in [-0.05, 0) is 30.3 Å². The predicted octanol–water partition coefficient (Wildman–Crippen LogP) is 0.334. The van der Waals surface area contributed by atoms with Gasteiger partial charge in [0, 0.05) is 17.2 Å². The summed E-state index contributed by atoms with van der Waals surface area (Å²) >= 11 is 0. The van der Waals surface area contributed by atoms with E-state index >= 15 is 0 Å². The zero-order valence-corrected chi connectivity index (χ0v) is 27.5. The molecule has 5 unspecified atom stereocenters. The van der Waals surface area contributed by atoms with Crippen molar-refractivity contribution in [2.24, 2.45) is 0 Å². The summed E-state index contributed by atoms with van der Waals surface area (Å²) in [5.74, 6) is -20.0. The van der Waals surface area contributed by atoms with Crippen LogP contribution in [-0.2, 0) is 18.9 Å². The van der Waals surface area contributed by atoms with Crippen molar-refractivity contribution in [2.75, 3.05) is 6.61 Å². The van der Waals surface area contributed by atoms with Gasteiger partial charge in [-0.15, -0.1) is 0 Å². The van der Waals surface area contributed by atoms with Gasteiger partial charge in [-0.2, -0.15) is 0 Å². The van der Waals surface area contributed by atoms with Crippen molar-refractivity contribution >= 4 is 23.9 Å². The number of ether oxygens (including phenoxy) is 5. The first-order valence-electron chi connectivity index (χ1n) is 15.5. The number of aromatic hydroxyl groups is 11. The molecule has 0 spiro atoms. The molecular formula is C34H26O22. The predicted molar refractivity (Wildman–Crippen MR) is 174 cm³/mol. The van der Waals surface area contributed by atoms with E-state index in [1.807, 2.05) is 0 Å². The maximum atomic E-state index is 14.0. The lowest BCUT2D eigenvalue weighted by Gasteiger charge is -2.41. The summed E-state index contributed by atoms with van der Waals surface area (Å²) in [6, 6.07) is 3.50. The van der Waals surface area contributed by atoms with Gasteiger partial charge in [0.25, 0.3) is 0 Å². The van der Waals surface area contributed by atoms with Gasteiger partial charge in [0.1, 0.15) is 18.8 Å². The summed E-state index contributed by atoms with van der Waals surface area (Å²) in [6.45, 7) is -1.03. The van der Waals surface area contributed by atoms with Crippen LogP contribution in [0.15, 0.2) is 36.4 Å². The maximum absolute atomic E-state index is 14.0. The number of carbonyl (C=O) groups is 4. The van der Waals surface area contributed by atoms with Crippen molar-refractivity contribution in [3.05, 3.63) is 58.7 Å². The molecule has 0 aromatic heterocycles. The molecule has 1 fully saturated rings. The first kappa shape index (κ1) is 38.2. The highest BCUT2D eigenvalue weighted by atomic mass is 16.7. The monoisotopic (exact) mass is 786 g/mol. The molecule has 0 saturated carbocycles. The van der Waals surface area contributed by atoms with Crippen molar-refractivity contribution in [1.82, 2.24) is 0 Å². The molecule has 2 bridgehead atoms. The van der Waals surface area contributed by atoms with Gasteiger partial charge in [-0.3, -0.25) is 0 Å². The lowest BCUT2D eigenvalue weighted by molar-refractivity contribution is -0.284. The van der Waals surface area contributed by atoms with Crippen LogP contribution in [0.5, 0.6) is 69.0 Å². The number of phenolic OH excluding ortho intramolecular Hbond substituents is 11. The molecule has 2 aliphatic rings. The lowest BCUT2D eigenvalue weighted by Crippen LogP contribution is -2.61. The number of fused-ring (bicyclic) bond motifs is 5. The Bertz CT molecular complexity index is 2290. The number of esters is 4. The fourth-order valence-corrected chi connectivity index (χ4v) is 5.66. The molecule has 6 rings (SSSR count). The van der Waals surface area contributed by atoms with E-state index in [4.69, 9.17) is 23.7 Å². The van der Waals surface area contributed by atoms with Crippen LogP contribution in [0.2, 0.25) is 0 Å². The number of hydrogen-bond donors (Lipinski definition) is 13. The van der Waals surface area contributed by atoms with E-state index in [1.54, 1.807) is 0 Å². The molecule has 294 valence electrons. The van der Waals surface area contributed by atoms with Gasteiger partial charge in [-0.1, -0.05) is 0 Å². The van der Waals surface area contributed by atoms with Gasteiger partial charge >= 0.3 is 23.9 Å². The molecule has 0 amide bonds. The van der Waals surface area contributed by atoms with Crippen molar-refractivity contribution in [3.8, 4) is 80.1 Å². The first-order chi connectivity index (χ1) is 26.3. The Morgan fingerprint density at radius 3 is 1.61 bits per heavy atom. The van der Waals surface area contributed by atoms with Crippen LogP contribution < -0.4 is 4.74 Å². The molecule has 13 N–H and O–H groups in total. The molecule has 56 heavy (non-hydrogen) atoms. The fraction of sp³-hybridized carbons (Fsp3) is 0.176. The van der Waals surface area contributed by atoms with Gasteiger partial charge in [0.15, 0.2) is 69.7 Å². The minimum absolute atomic E-state index is 0.464. The molecule has 5 atom stereocenters. The second-order valence-electron chi connectivity index (χ2n) is 12.0. The summed E-state index contributed by atoms with van der Waals surface area (Å²) in [4.78, 5) is 53.4. The lowest BCUT2D eigenvalue weighted by atomic mass is 9.91. The van der Waals surface area contributed by atoms with Crippen LogP contribution in [0.1, 0.15) is 41.4 Å². The van der Waals surface area contributed by atoms with E-state index in [-0.39, 0.29) is 0 Å². The molecule has 4 aromatic carbocycles. The molecule has 2 heterocycles.